The van der Waals surface area contributed by atoms with Crippen molar-refractivity contribution in [1.29, 1.82) is 0 Å². The Morgan fingerprint density at radius 2 is 1.75 bits per heavy atom. The molecule has 3 aromatic carbocycles. The normalized spacial score (nSPS) is 22.2. The molecule has 5 rings (SSSR count). The summed E-state index contributed by atoms with van der Waals surface area (Å²) in [5, 5.41) is 25.2. The van der Waals surface area contributed by atoms with Crippen LogP contribution >= 0.6 is 0 Å². The molecule has 2 atom stereocenters. The van der Waals surface area contributed by atoms with Crippen molar-refractivity contribution in [3.05, 3.63) is 113 Å². The average Bonchev–Trinajstić information content (AvgIpc) is 3.16. The molecule has 0 bridgehead atoms. The van der Waals surface area contributed by atoms with Crippen LogP contribution in [0.5, 0.6) is 0 Å². The zero-order valence-electron chi connectivity index (χ0n) is 19.8. The highest BCUT2D eigenvalue weighted by Gasteiger charge is 2.39. The number of carboxylic acid groups (broad SMARTS) is 1. The number of allylic oxidation sites excluding steroid dienone is 2. The lowest BCUT2D eigenvalue weighted by molar-refractivity contribution is -0.111. The third-order valence-corrected chi connectivity index (χ3v) is 6.45. The van der Waals surface area contributed by atoms with Crippen LogP contribution in [0.25, 0.3) is 5.57 Å². The first kappa shape index (κ1) is 23.3. The third kappa shape index (κ3) is 3.99. The minimum Gasteiger partial charge on any atom is -0.478 e. The van der Waals surface area contributed by atoms with Crippen LogP contribution in [-0.4, -0.2) is 39.4 Å². The van der Waals surface area contributed by atoms with Crippen LogP contribution in [0.15, 0.2) is 102 Å². The van der Waals surface area contributed by atoms with Crippen molar-refractivity contribution in [1.82, 2.24) is 5.43 Å². The number of carboxylic acids is 1. The Morgan fingerprint density at radius 1 is 1.03 bits per heavy atom. The average molecular weight is 480 g/mol. The van der Waals surface area contributed by atoms with Gasteiger partial charge in [-0.05, 0) is 49.2 Å². The molecule has 180 valence electrons. The highest BCUT2D eigenvalue weighted by molar-refractivity contribution is 6.55. The van der Waals surface area contributed by atoms with Crippen molar-refractivity contribution in [2.45, 2.75) is 25.5 Å². The molecular weight excluding hydrogens is 454 g/mol. The van der Waals surface area contributed by atoms with E-state index in [4.69, 9.17) is 0 Å². The van der Waals surface area contributed by atoms with Crippen molar-refractivity contribution in [2.75, 3.05) is 4.90 Å². The number of fused-ring (bicyclic) bond motifs is 1. The van der Waals surface area contributed by atoms with E-state index in [9.17, 15) is 19.8 Å². The Balaban J connectivity index is 1.51. The Labute approximate surface area is 208 Å². The summed E-state index contributed by atoms with van der Waals surface area (Å²) in [7, 11) is 0. The second kappa shape index (κ2) is 8.94. The van der Waals surface area contributed by atoms with Crippen LogP contribution in [0.2, 0.25) is 0 Å². The number of hydrazone groups is 1. The molecule has 1 aliphatic carbocycles. The molecule has 0 radical (unpaired) electrons. The number of aliphatic hydroxyl groups is 1. The minimum absolute atomic E-state index is 0.0833. The summed E-state index contributed by atoms with van der Waals surface area (Å²) in [5.74, 6) is -1.46. The van der Waals surface area contributed by atoms with Gasteiger partial charge in [-0.25, -0.2) is 4.79 Å². The maximum absolute atomic E-state index is 13.6. The van der Waals surface area contributed by atoms with E-state index in [-0.39, 0.29) is 17.2 Å². The largest absolute Gasteiger partial charge is 0.478 e. The van der Waals surface area contributed by atoms with Crippen LogP contribution in [-0.2, 0) is 4.79 Å². The molecule has 7 nitrogen and oxygen atoms in total. The molecule has 36 heavy (non-hydrogen) atoms. The van der Waals surface area contributed by atoms with E-state index in [0.717, 1.165) is 16.7 Å². The van der Waals surface area contributed by atoms with Gasteiger partial charge in [0.05, 0.1) is 16.9 Å². The van der Waals surface area contributed by atoms with E-state index in [1.165, 1.54) is 17.0 Å². The summed E-state index contributed by atoms with van der Waals surface area (Å²) in [6.07, 6.45) is 2.93. The number of anilines is 2. The smallest absolute Gasteiger partial charge is 0.335 e. The number of nitrogens with one attached hydrogen (secondary N) is 1. The van der Waals surface area contributed by atoms with Crippen LogP contribution in [0.1, 0.15) is 35.3 Å². The lowest BCUT2D eigenvalue weighted by Gasteiger charge is -2.36. The Hall–Kier alpha value is -4.49. The van der Waals surface area contributed by atoms with Gasteiger partial charge in [0.25, 0.3) is 5.91 Å². The number of para-hydroxylation sites is 1. The first-order valence-corrected chi connectivity index (χ1v) is 11.5. The fourth-order valence-electron chi connectivity index (χ4n) is 4.72. The van der Waals surface area contributed by atoms with E-state index in [2.05, 4.69) is 10.5 Å². The molecule has 2 aliphatic rings. The molecule has 1 aliphatic heterocycles. The fraction of sp³-hybridized carbons (Fsp3) is 0.138. The molecule has 2 unspecified atom stereocenters. The Kier molecular flexibility index (Phi) is 5.78. The van der Waals surface area contributed by atoms with Gasteiger partial charge < -0.3 is 10.2 Å². The highest BCUT2D eigenvalue weighted by atomic mass is 16.4. The second-order valence-electron chi connectivity index (χ2n) is 9.12. The highest BCUT2D eigenvalue weighted by Crippen LogP contribution is 2.37. The second-order valence-corrected chi connectivity index (χ2v) is 9.12. The maximum Gasteiger partial charge on any atom is 0.335 e. The number of aliphatic hydroxyl groups excluding tert-OH is 1. The standard InChI is InChI=1S/C29H25N3O4/c1-18-15-23(19-9-4-3-5-10-19)26(33)29(2,17-18)31-30-25-22-13-6-7-14-24(22)32(27(25)34)21-12-8-11-20(16-21)28(35)36/h3-17,26,31,33H,1-2H3,(H,35,36)/b30-25-. The van der Waals surface area contributed by atoms with Gasteiger partial charge in [0.1, 0.15) is 11.6 Å². The lowest BCUT2D eigenvalue weighted by atomic mass is 9.80. The van der Waals surface area contributed by atoms with E-state index < -0.39 is 17.6 Å². The summed E-state index contributed by atoms with van der Waals surface area (Å²) in [5.41, 5.74) is 6.65. The number of amides is 1. The zero-order valence-corrected chi connectivity index (χ0v) is 19.8. The SMILES string of the molecule is CC1=CC(C)(N/N=C2\C(=O)N(c3cccc(C(=O)O)c3)c3ccccc32)C(O)C(c2ccccc2)=C1. The lowest BCUT2D eigenvalue weighted by Crippen LogP contribution is -2.50. The van der Waals surface area contributed by atoms with Crippen molar-refractivity contribution < 1.29 is 19.8 Å². The first-order chi connectivity index (χ1) is 17.3. The third-order valence-electron chi connectivity index (χ3n) is 6.45. The van der Waals surface area contributed by atoms with E-state index in [0.29, 0.717) is 16.9 Å². The van der Waals surface area contributed by atoms with Crippen molar-refractivity contribution >= 4 is 34.5 Å². The number of carbonyl (C=O) groups excluding carboxylic acids is 1. The Morgan fingerprint density at radius 3 is 2.50 bits per heavy atom. The predicted molar refractivity (Wildman–Crippen MR) is 139 cm³/mol. The van der Waals surface area contributed by atoms with Gasteiger partial charge in [-0.2, -0.15) is 5.10 Å². The predicted octanol–water partition coefficient (Wildman–Crippen LogP) is 4.52. The van der Waals surface area contributed by atoms with Crippen molar-refractivity contribution in [3.8, 4) is 0 Å². The maximum atomic E-state index is 13.6. The quantitative estimate of drug-likeness (QED) is 0.467. The summed E-state index contributed by atoms with van der Waals surface area (Å²) >= 11 is 0. The van der Waals surface area contributed by atoms with E-state index in [1.807, 2.05) is 68.5 Å². The molecule has 1 heterocycles. The van der Waals surface area contributed by atoms with E-state index in [1.54, 1.807) is 24.3 Å². The molecule has 7 heteroatoms. The molecule has 0 saturated heterocycles. The molecule has 0 saturated carbocycles. The van der Waals surface area contributed by atoms with Crippen LogP contribution < -0.4 is 10.3 Å². The van der Waals surface area contributed by atoms with Crippen molar-refractivity contribution in [3.63, 3.8) is 0 Å². The summed E-state index contributed by atoms with van der Waals surface area (Å²) in [6.45, 7) is 3.79. The number of rotatable bonds is 5. The number of aromatic carboxylic acids is 1. The topological polar surface area (TPSA) is 102 Å². The summed E-state index contributed by atoms with van der Waals surface area (Å²) in [6, 6.07) is 23.1. The minimum atomic E-state index is -1.07. The molecule has 3 aromatic rings. The number of benzene rings is 3. The molecule has 3 N–H and O–H groups in total. The monoisotopic (exact) mass is 479 g/mol. The van der Waals surface area contributed by atoms with Gasteiger partial charge in [0.15, 0.2) is 5.71 Å². The molecule has 1 amide bonds. The first-order valence-electron chi connectivity index (χ1n) is 11.5. The van der Waals surface area contributed by atoms with Crippen LogP contribution in [0, 0.1) is 0 Å². The molecule has 0 fully saturated rings. The van der Waals surface area contributed by atoms with E-state index >= 15 is 0 Å². The number of hydrogen-bond acceptors (Lipinski definition) is 5. The van der Waals surface area contributed by atoms with Gasteiger partial charge in [-0.1, -0.05) is 72.3 Å². The number of carbonyl (C=O) groups is 2. The summed E-state index contributed by atoms with van der Waals surface area (Å²) < 4.78 is 0. The zero-order chi connectivity index (χ0) is 25.4. The number of nitrogens with zero attached hydrogens (tertiary/aromatic N) is 2. The van der Waals surface area contributed by atoms with Crippen molar-refractivity contribution in [2.24, 2.45) is 5.10 Å². The van der Waals surface area contributed by atoms with Gasteiger partial charge in [-0.15, -0.1) is 0 Å². The van der Waals surface area contributed by atoms with Gasteiger partial charge in [-0.3, -0.25) is 15.1 Å². The molecule has 0 aromatic heterocycles. The number of hydrogen-bond donors (Lipinski definition) is 3. The molecule has 0 spiro atoms. The summed E-state index contributed by atoms with van der Waals surface area (Å²) in [4.78, 5) is 26.5. The van der Waals surface area contributed by atoms with Crippen LogP contribution in [0.3, 0.4) is 0 Å². The Bertz CT molecular complexity index is 1460. The van der Waals surface area contributed by atoms with Gasteiger partial charge in [0, 0.05) is 5.56 Å². The van der Waals surface area contributed by atoms with Gasteiger partial charge in [0.2, 0.25) is 0 Å². The molecular formula is C29H25N3O4. The van der Waals surface area contributed by atoms with Crippen LogP contribution in [0.4, 0.5) is 11.4 Å². The van der Waals surface area contributed by atoms with Gasteiger partial charge >= 0.3 is 5.97 Å². The fourth-order valence-corrected chi connectivity index (χ4v) is 4.72.